The highest BCUT2D eigenvalue weighted by atomic mass is 35.5. The van der Waals surface area contributed by atoms with E-state index in [0.717, 1.165) is 27.9 Å². The van der Waals surface area contributed by atoms with Crippen LogP contribution in [0.3, 0.4) is 0 Å². The number of rotatable bonds is 4. The number of carbonyl (C=O) groups excluding carboxylic acids is 1. The van der Waals surface area contributed by atoms with Gasteiger partial charge in [-0.25, -0.2) is 9.67 Å². The molecule has 7 heteroatoms. The summed E-state index contributed by atoms with van der Waals surface area (Å²) in [5, 5.41) is 8.25. The van der Waals surface area contributed by atoms with Crippen molar-refractivity contribution >= 4 is 34.8 Å². The van der Waals surface area contributed by atoms with Crippen LogP contribution in [0.2, 0.25) is 10.0 Å². The van der Waals surface area contributed by atoms with Crippen molar-refractivity contribution in [3.05, 3.63) is 93.2 Å². The number of halogens is 2. The molecule has 0 aliphatic carbocycles. The molecule has 156 valence electrons. The van der Waals surface area contributed by atoms with Crippen LogP contribution in [0.5, 0.6) is 0 Å². The number of amides is 1. The van der Waals surface area contributed by atoms with Gasteiger partial charge in [-0.3, -0.25) is 4.79 Å². The highest BCUT2D eigenvalue weighted by molar-refractivity contribution is 6.42. The van der Waals surface area contributed by atoms with E-state index in [1.807, 2.05) is 63.2 Å². The zero-order valence-corrected chi connectivity index (χ0v) is 18.8. The van der Waals surface area contributed by atoms with Crippen molar-refractivity contribution in [1.82, 2.24) is 14.8 Å². The molecule has 0 atom stereocenters. The van der Waals surface area contributed by atoms with E-state index in [0.29, 0.717) is 21.6 Å². The lowest BCUT2D eigenvalue weighted by molar-refractivity contribution is 0.101. The number of aryl methyl sites for hydroxylation is 3. The molecule has 0 unspecified atom stereocenters. The van der Waals surface area contributed by atoms with E-state index in [-0.39, 0.29) is 11.7 Å². The first kappa shape index (κ1) is 21.1. The van der Waals surface area contributed by atoms with Crippen LogP contribution in [-0.4, -0.2) is 20.7 Å². The Morgan fingerprint density at radius 1 is 0.903 bits per heavy atom. The van der Waals surface area contributed by atoms with Gasteiger partial charge >= 0.3 is 0 Å². The Hall–Kier alpha value is -3.15. The third-order valence-electron chi connectivity index (χ3n) is 4.88. The van der Waals surface area contributed by atoms with Crippen LogP contribution in [0, 0.1) is 20.8 Å². The summed E-state index contributed by atoms with van der Waals surface area (Å²) in [6, 6.07) is 18.9. The summed E-state index contributed by atoms with van der Waals surface area (Å²) in [5.74, 6) is 0.207. The van der Waals surface area contributed by atoms with Gasteiger partial charge in [0, 0.05) is 11.3 Å². The van der Waals surface area contributed by atoms with Gasteiger partial charge in [0.05, 0.1) is 15.7 Å². The lowest BCUT2D eigenvalue weighted by atomic mass is 10.1. The zero-order valence-electron chi connectivity index (χ0n) is 17.3. The number of hydrogen-bond acceptors (Lipinski definition) is 3. The predicted octanol–water partition coefficient (Wildman–Crippen LogP) is 6.42. The molecule has 0 aliphatic rings. The molecule has 4 aromatic rings. The highest BCUT2D eigenvalue weighted by Crippen LogP contribution is 2.28. The molecule has 4 rings (SSSR count). The van der Waals surface area contributed by atoms with Gasteiger partial charge < -0.3 is 5.32 Å². The lowest BCUT2D eigenvalue weighted by Crippen LogP contribution is -2.15. The maximum atomic E-state index is 13.0. The molecule has 0 saturated carbocycles. The summed E-state index contributed by atoms with van der Waals surface area (Å²) in [5.41, 5.74) is 5.31. The van der Waals surface area contributed by atoms with Crippen molar-refractivity contribution in [2.45, 2.75) is 20.8 Å². The number of nitrogens with zero attached hydrogens (tertiary/aromatic N) is 3. The van der Waals surface area contributed by atoms with Gasteiger partial charge in [0.15, 0.2) is 5.82 Å². The summed E-state index contributed by atoms with van der Waals surface area (Å²) < 4.78 is 1.61. The Morgan fingerprint density at radius 2 is 1.68 bits per heavy atom. The van der Waals surface area contributed by atoms with Crippen molar-refractivity contribution < 1.29 is 4.79 Å². The minimum absolute atomic E-state index is 0.0588. The highest BCUT2D eigenvalue weighted by Gasteiger charge is 2.20. The van der Waals surface area contributed by atoms with Crippen molar-refractivity contribution in [3.63, 3.8) is 0 Å². The van der Waals surface area contributed by atoms with E-state index in [1.54, 1.807) is 22.9 Å². The number of carbonyl (C=O) groups is 1. The first-order valence-corrected chi connectivity index (χ1v) is 10.5. The van der Waals surface area contributed by atoms with Crippen LogP contribution in [0.1, 0.15) is 27.3 Å². The molecule has 1 N–H and O–H groups in total. The predicted molar refractivity (Wildman–Crippen MR) is 125 cm³/mol. The molecule has 5 nitrogen and oxygen atoms in total. The molecular formula is C24H20Cl2N4O. The smallest absolute Gasteiger partial charge is 0.295 e. The molecule has 0 radical (unpaired) electrons. The van der Waals surface area contributed by atoms with Gasteiger partial charge in [0.1, 0.15) is 0 Å². The molecule has 0 fully saturated rings. The molecule has 0 aliphatic heterocycles. The normalized spacial score (nSPS) is 10.9. The van der Waals surface area contributed by atoms with Gasteiger partial charge in [-0.2, -0.15) is 0 Å². The van der Waals surface area contributed by atoms with Crippen LogP contribution >= 0.6 is 23.2 Å². The summed E-state index contributed by atoms with van der Waals surface area (Å²) in [7, 11) is 0. The summed E-state index contributed by atoms with van der Waals surface area (Å²) >= 11 is 12.3. The summed E-state index contributed by atoms with van der Waals surface area (Å²) in [6.45, 7) is 5.91. The quantitative estimate of drug-likeness (QED) is 0.390. The maximum Gasteiger partial charge on any atom is 0.295 e. The Bertz CT molecular complexity index is 1300. The van der Waals surface area contributed by atoms with Crippen molar-refractivity contribution in [1.29, 1.82) is 0 Å². The van der Waals surface area contributed by atoms with Crippen LogP contribution in [-0.2, 0) is 0 Å². The molecule has 1 amide bonds. The van der Waals surface area contributed by atoms with E-state index >= 15 is 0 Å². The molecule has 1 heterocycles. The maximum absolute atomic E-state index is 13.0. The third kappa shape index (κ3) is 4.48. The van der Waals surface area contributed by atoms with E-state index in [2.05, 4.69) is 15.4 Å². The van der Waals surface area contributed by atoms with Gasteiger partial charge in [0.2, 0.25) is 5.82 Å². The van der Waals surface area contributed by atoms with Crippen molar-refractivity contribution in [3.8, 4) is 17.1 Å². The number of benzene rings is 3. The Kier molecular flexibility index (Phi) is 5.81. The van der Waals surface area contributed by atoms with E-state index < -0.39 is 0 Å². The molecule has 0 saturated heterocycles. The Morgan fingerprint density at radius 3 is 2.42 bits per heavy atom. The number of anilines is 1. The lowest BCUT2D eigenvalue weighted by Gasteiger charge is -2.08. The van der Waals surface area contributed by atoms with Crippen molar-refractivity contribution in [2.75, 3.05) is 5.32 Å². The fourth-order valence-electron chi connectivity index (χ4n) is 3.22. The van der Waals surface area contributed by atoms with E-state index in [9.17, 15) is 4.79 Å². The molecule has 1 aromatic heterocycles. The molecule has 0 spiro atoms. The minimum Gasteiger partial charge on any atom is -0.319 e. The van der Waals surface area contributed by atoms with Crippen molar-refractivity contribution in [2.24, 2.45) is 0 Å². The van der Waals surface area contributed by atoms with Gasteiger partial charge in [-0.15, -0.1) is 5.10 Å². The average Bonchev–Trinajstić information content (AvgIpc) is 3.18. The average molecular weight is 451 g/mol. The van der Waals surface area contributed by atoms with Crippen LogP contribution in [0.25, 0.3) is 17.1 Å². The number of aromatic nitrogens is 3. The fraction of sp³-hybridized carbons (Fsp3) is 0.125. The molecular weight excluding hydrogens is 431 g/mol. The fourth-order valence-corrected chi connectivity index (χ4v) is 3.52. The topological polar surface area (TPSA) is 59.8 Å². The van der Waals surface area contributed by atoms with Crippen LogP contribution < -0.4 is 5.32 Å². The first-order chi connectivity index (χ1) is 14.8. The second-order valence-electron chi connectivity index (χ2n) is 7.41. The third-order valence-corrected chi connectivity index (χ3v) is 5.61. The van der Waals surface area contributed by atoms with Crippen LogP contribution in [0.15, 0.2) is 60.7 Å². The summed E-state index contributed by atoms with van der Waals surface area (Å²) in [6.07, 6.45) is 0. The number of hydrogen-bond donors (Lipinski definition) is 1. The largest absolute Gasteiger partial charge is 0.319 e. The molecule has 0 bridgehead atoms. The summed E-state index contributed by atoms with van der Waals surface area (Å²) in [4.78, 5) is 17.6. The standard InChI is InChI=1S/C24H20Cl2N4O/c1-14-5-4-6-17(11-14)23-28-22(24(31)27-21-12-15(2)7-8-16(21)3)29-30(23)18-9-10-19(25)20(26)13-18/h4-13H,1-3H3,(H,27,31). The van der Waals surface area contributed by atoms with Gasteiger partial charge in [-0.05, 0) is 62.2 Å². The monoisotopic (exact) mass is 450 g/mol. The minimum atomic E-state index is -0.388. The second-order valence-corrected chi connectivity index (χ2v) is 8.23. The van der Waals surface area contributed by atoms with Gasteiger partial charge in [0.25, 0.3) is 5.91 Å². The van der Waals surface area contributed by atoms with Crippen LogP contribution in [0.4, 0.5) is 5.69 Å². The first-order valence-electron chi connectivity index (χ1n) is 9.70. The Balaban J connectivity index is 1.80. The molecule has 31 heavy (non-hydrogen) atoms. The Labute approximate surface area is 190 Å². The number of nitrogens with one attached hydrogen (secondary N) is 1. The van der Waals surface area contributed by atoms with E-state index in [1.165, 1.54) is 0 Å². The zero-order chi connectivity index (χ0) is 22.1. The SMILES string of the molecule is Cc1cccc(-c2nc(C(=O)Nc3cc(C)ccc3C)nn2-c2ccc(Cl)c(Cl)c2)c1. The molecule has 3 aromatic carbocycles. The van der Waals surface area contributed by atoms with E-state index in [4.69, 9.17) is 23.2 Å². The second kappa shape index (κ2) is 8.53. The van der Waals surface area contributed by atoms with Gasteiger partial charge in [-0.1, -0.05) is 59.1 Å².